The Labute approximate surface area is 250 Å². The Morgan fingerprint density at radius 3 is 1.38 bits per heavy atom. The largest absolute Gasteiger partial charge is 0.355 e. The van der Waals surface area contributed by atoms with E-state index in [1.807, 2.05) is 42.5 Å². The SMILES string of the molecule is C1=Cc2cc3ccc(cc4ccc(cc5nc(cc1n2)C=C5)[nH]4)[nH]3.CCCCCCCCCCNNNNCCCC. The van der Waals surface area contributed by atoms with Crippen molar-refractivity contribution in [1.29, 1.82) is 0 Å². The van der Waals surface area contributed by atoms with Crippen LogP contribution in [0.25, 0.3) is 46.4 Å². The van der Waals surface area contributed by atoms with Crippen molar-refractivity contribution >= 4 is 46.4 Å². The Hall–Kier alpha value is -3.56. The highest BCUT2D eigenvalue weighted by Gasteiger charge is 2.02. The number of aromatic nitrogens is 4. The predicted octanol–water partition coefficient (Wildman–Crippen LogP) is 7.69. The molecule has 0 atom stereocenters. The number of nitrogens with zero attached hydrogens (tertiary/aromatic N) is 2. The molecule has 8 bridgehead atoms. The van der Waals surface area contributed by atoms with Gasteiger partial charge >= 0.3 is 0 Å². The summed E-state index contributed by atoms with van der Waals surface area (Å²) in [5.74, 6) is 0. The van der Waals surface area contributed by atoms with Gasteiger partial charge in [0.2, 0.25) is 0 Å². The van der Waals surface area contributed by atoms with Gasteiger partial charge in [-0.05, 0) is 85.7 Å². The van der Waals surface area contributed by atoms with E-state index in [0.29, 0.717) is 0 Å². The molecule has 8 heteroatoms. The number of hydrogen-bond acceptors (Lipinski definition) is 6. The number of hydrazine groups is 3. The molecule has 0 aromatic carbocycles. The predicted molar refractivity (Wildman–Crippen MR) is 179 cm³/mol. The van der Waals surface area contributed by atoms with E-state index >= 15 is 0 Å². The van der Waals surface area contributed by atoms with E-state index in [9.17, 15) is 0 Å². The van der Waals surface area contributed by atoms with Crippen LogP contribution in [0.3, 0.4) is 0 Å². The van der Waals surface area contributed by atoms with Gasteiger partial charge in [0.25, 0.3) is 0 Å². The van der Waals surface area contributed by atoms with Crippen molar-refractivity contribution in [3.05, 3.63) is 71.3 Å². The molecular weight excluding hydrogens is 520 g/mol. The van der Waals surface area contributed by atoms with Crippen molar-refractivity contribution in [1.82, 2.24) is 41.9 Å². The Balaban J connectivity index is 0.000000204. The molecule has 0 unspecified atom stereocenters. The zero-order valence-electron chi connectivity index (χ0n) is 25.3. The molecule has 0 saturated carbocycles. The second-order valence-electron chi connectivity index (χ2n) is 10.8. The molecule has 3 aromatic heterocycles. The molecule has 5 rings (SSSR count). The first kappa shape index (κ1) is 31.4. The summed E-state index contributed by atoms with van der Waals surface area (Å²) >= 11 is 0. The fourth-order valence-electron chi connectivity index (χ4n) is 4.77. The summed E-state index contributed by atoms with van der Waals surface area (Å²) in [6.07, 6.45) is 21.4. The van der Waals surface area contributed by atoms with Crippen molar-refractivity contribution in [2.24, 2.45) is 0 Å². The van der Waals surface area contributed by atoms with Crippen LogP contribution < -0.4 is 21.9 Å². The minimum atomic E-state index is 0.915. The quantitative estimate of drug-likeness (QED) is 0.0571. The molecule has 0 aliphatic carbocycles. The standard InChI is InChI=1S/C20H14N4.C14H34N4/c1-2-14-10-16-5-6-18(23-16)12-20-8-7-19(24-20)11-17-4-3-15(22-17)9-13(1)21-14;1-3-5-7-8-9-10-11-12-14-16-18-17-15-13-6-4-2/h1-12,21-22H;15-18H,3-14H2,1-2H3. The first-order valence-electron chi connectivity index (χ1n) is 15.7. The van der Waals surface area contributed by atoms with Crippen molar-refractivity contribution in [3.8, 4) is 0 Å². The monoisotopic (exact) mass is 568 g/mol. The summed E-state index contributed by atoms with van der Waals surface area (Å²) in [4.78, 5) is 16.0. The van der Waals surface area contributed by atoms with Crippen LogP contribution in [0.15, 0.2) is 48.5 Å². The van der Waals surface area contributed by atoms with Crippen LogP contribution in [0, 0.1) is 0 Å². The number of hydrogen-bond donors (Lipinski definition) is 6. The number of H-pyrrole nitrogens is 2. The van der Waals surface area contributed by atoms with Gasteiger partial charge in [0.05, 0.1) is 22.8 Å². The van der Waals surface area contributed by atoms with Crippen LogP contribution in [0.5, 0.6) is 0 Å². The lowest BCUT2D eigenvalue weighted by atomic mass is 10.1. The third-order valence-electron chi connectivity index (χ3n) is 7.09. The number of fused-ring (bicyclic) bond motifs is 8. The molecule has 224 valence electrons. The second kappa shape index (κ2) is 18.1. The Kier molecular flexibility index (Phi) is 13.5. The molecule has 0 fully saturated rings. The highest BCUT2D eigenvalue weighted by atomic mass is 15.7. The summed E-state index contributed by atoms with van der Waals surface area (Å²) < 4.78 is 0. The van der Waals surface area contributed by atoms with Crippen molar-refractivity contribution in [3.63, 3.8) is 0 Å². The highest BCUT2D eigenvalue weighted by molar-refractivity contribution is 5.77. The van der Waals surface area contributed by atoms with Crippen LogP contribution in [0.4, 0.5) is 0 Å². The van der Waals surface area contributed by atoms with E-state index in [0.717, 1.165) is 57.9 Å². The zero-order valence-corrected chi connectivity index (χ0v) is 25.3. The van der Waals surface area contributed by atoms with E-state index in [1.165, 1.54) is 64.2 Å². The minimum Gasteiger partial charge on any atom is -0.355 e. The first-order chi connectivity index (χ1) is 20.7. The van der Waals surface area contributed by atoms with Gasteiger partial charge in [-0.25, -0.2) is 20.8 Å². The third-order valence-corrected chi connectivity index (χ3v) is 7.09. The van der Waals surface area contributed by atoms with Gasteiger partial charge in [-0.2, -0.15) is 11.1 Å². The van der Waals surface area contributed by atoms with Gasteiger partial charge in [-0.15, -0.1) is 0 Å². The van der Waals surface area contributed by atoms with E-state index in [4.69, 9.17) is 0 Å². The molecule has 0 spiro atoms. The topological polar surface area (TPSA) is 105 Å². The third kappa shape index (κ3) is 11.4. The van der Waals surface area contributed by atoms with E-state index in [-0.39, 0.29) is 0 Å². The Morgan fingerprint density at radius 1 is 0.476 bits per heavy atom. The average molecular weight is 569 g/mol. The first-order valence-corrected chi connectivity index (χ1v) is 15.7. The zero-order chi connectivity index (χ0) is 29.2. The number of unbranched alkanes of at least 4 members (excludes halogenated alkanes) is 8. The fraction of sp³-hybridized carbons (Fsp3) is 0.412. The molecule has 0 amide bonds. The van der Waals surface area contributed by atoms with Gasteiger partial charge in [-0.1, -0.05) is 65.2 Å². The van der Waals surface area contributed by atoms with Crippen LogP contribution in [0.2, 0.25) is 0 Å². The van der Waals surface area contributed by atoms with Crippen molar-refractivity contribution in [2.45, 2.75) is 78.1 Å². The lowest BCUT2D eigenvalue weighted by molar-refractivity contribution is 0.362. The van der Waals surface area contributed by atoms with Gasteiger partial charge < -0.3 is 9.97 Å². The lowest BCUT2D eigenvalue weighted by Gasteiger charge is -2.09. The van der Waals surface area contributed by atoms with Gasteiger partial charge in [0.1, 0.15) is 0 Å². The van der Waals surface area contributed by atoms with Gasteiger partial charge in [0.15, 0.2) is 0 Å². The molecule has 0 saturated heterocycles. The number of nitrogens with one attached hydrogen (secondary N) is 6. The Morgan fingerprint density at radius 2 is 0.881 bits per heavy atom. The molecule has 8 nitrogen and oxygen atoms in total. The van der Waals surface area contributed by atoms with E-state index in [1.54, 1.807) is 0 Å². The molecular formula is C34H48N8. The molecule has 0 radical (unpaired) electrons. The maximum absolute atomic E-state index is 4.62. The lowest BCUT2D eigenvalue weighted by Crippen LogP contribution is -2.51. The smallest absolute Gasteiger partial charge is 0.0659 e. The molecule has 6 N–H and O–H groups in total. The van der Waals surface area contributed by atoms with Crippen molar-refractivity contribution < 1.29 is 0 Å². The van der Waals surface area contributed by atoms with Gasteiger partial charge in [0, 0.05) is 35.2 Å². The van der Waals surface area contributed by atoms with E-state index in [2.05, 4.69) is 86.0 Å². The summed E-state index contributed by atoms with van der Waals surface area (Å²) in [5.41, 5.74) is 20.0. The van der Waals surface area contributed by atoms with Crippen LogP contribution in [-0.4, -0.2) is 33.0 Å². The molecule has 2 aliphatic heterocycles. The highest BCUT2D eigenvalue weighted by Crippen LogP contribution is 2.17. The van der Waals surface area contributed by atoms with Crippen LogP contribution in [0.1, 0.15) is 101 Å². The van der Waals surface area contributed by atoms with Crippen LogP contribution >= 0.6 is 0 Å². The van der Waals surface area contributed by atoms with Crippen molar-refractivity contribution in [2.75, 3.05) is 13.1 Å². The van der Waals surface area contributed by atoms with Crippen LogP contribution in [-0.2, 0) is 0 Å². The summed E-state index contributed by atoms with van der Waals surface area (Å²) in [6, 6.07) is 16.4. The molecule has 2 aliphatic rings. The van der Waals surface area contributed by atoms with E-state index < -0.39 is 0 Å². The fourth-order valence-corrected chi connectivity index (χ4v) is 4.77. The summed E-state index contributed by atoms with van der Waals surface area (Å²) in [5, 5.41) is 0. The summed E-state index contributed by atoms with van der Waals surface area (Å²) in [6.45, 7) is 6.49. The Bertz CT molecular complexity index is 1330. The molecule has 42 heavy (non-hydrogen) atoms. The minimum absolute atomic E-state index is 0.915. The number of rotatable bonds is 15. The second-order valence-corrected chi connectivity index (χ2v) is 10.8. The number of aromatic amines is 2. The van der Waals surface area contributed by atoms with Gasteiger partial charge in [-0.3, -0.25) is 0 Å². The maximum Gasteiger partial charge on any atom is 0.0659 e. The maximum atomic E-state index is 4.62. The summed E-state index contributed by atoms with van der Waals surface area (Å²) in [7, 11) is 0. The normalized spacial score (nSPS) is 12.0. The average Bonchev–Trinajstić information content (AvgIpc) is 3.80. The molecule has 3 aromatic rings. The molecule has 5 heterocycles.